The van der Waals surface area contributed by atoms with Gasteiger partial charge in [0.15, 0.2) is 0 Å². The van der Waals surface area contributed by atoms with Crippen molar-refractivity contribution in [1.29, 1.82) is 0 Å². The van der Waals surface area contributed by atoms with Crippen molar-refractivity contribution in [3.63, 3.8) is 0 Å². The molecule has 25 heavy (non-hydrogen) atoms. The molecule has 2 aromatic rings. The Hall–Kier alpha value is -2.83. The molecule has 3 rings (SSSR count). The molecular weight excluding hydrogens is 335 g/mol. The molecular formula is C18H14F3NO3. The van der Waals surface area contributed by atoms with Gasteiger partial charge in [-0.3, -0.25) is 9.59 Å². The van der Waals surface area contributed by atoms with Crippen LogP contribution >= 0.6 is 0 Å². The van der Waals surface area contributed by atoms with E-state index in [0.717, 1.165) is 12.1 Å². The zero-order valence-electron chi connectivity index (χ0n) is 13.1. The molecule has 1 amide bonds. The molecule has 0 saturated carbocycles. The SMILES string of the molecule is CN1C(=O)c2ccccc2[C@@H](C(=O)O)[C@@H]1c1ccc(C(F)(F)F)cc1. The number of amides is 1. The minimum absolute atomic E-state index is 0.292. The largest absolute Gasteiger partial charge is 0.481 e. The second kappa shape index (κ2) is 5.91. The summed E-state index contributed by atoms with van der Waals surface area (Å²) in [5, 5.41) is 9.69. The monoisotopic (exact) mass is 349 g/mol. The third-order valence-electron chi connectivity index (χ3n) is 4.43. The normalized spacial score (nSPS) is 20.3. The molecule has 2 atom stereocenters. The second-order valence-corrected chi connectivity index (χ2v) is 5.88. The molecule has 2 aromatic carbocycles. The van der Waals surface area contributed by atoms with Gasteiger partial charge in [0.2, 0.25) is 0 Å². The standard InChI is InChI=1S/C18H14F3NO3/c1-22-15(10-6-8-11(9-7-10)18(19,20)21)14(17(24)25)12-4-2-3-5-13(12)16(22)23/h2-9,14-15H,1H3,(H,24,25)/t14-,15+/m1/s1. The van der Waals surface area contributed by atoms with E-state index in [4.69, 9.17) is 0 Å². The lowest BCUT2D eigenvalue weighted by atomic mass is 9.80. The third-order valence-corrected chi connectivity index (χ3v) is 4.43. The maximum atomic E-state index is 12.7. The highest BCUT2D eigenvalue weighted by atomic mass is 19.4. The highest BCUT2D eigenvalue weighted by Crippen LogP contribution is 2.42. The van der Waals surface area contributed by atoms with E-state index in [1.165, 1.54) is 24.1 Å². The number of benzene rings is 2. The minimum atomic E-state index is -4.48. The summed E-state index contributed by atoms with van der Waals surface area (Å²) in [6.07, 6.45) is -4.48. The maximum Gasteiger partial charge on any atom is 0.416 e. The summed E-state index contributed by atoms with van der Waals surface area (Å²) < 4.78 is 38.2. The molecule has 0 unspecified atom stereocenters. The number of fused-ring (bicyclic) bond motifs is 1. The Balaban J connectivity index is 2.11. The molecule has 0 spiro atoms. The Morgan fingerprint density at radius 2 is 1.68 bits per heavy atom. The summed E-state index contributed by atoms with van der Waals surface area (Å²) in [5.74, 6) is -2.56. The molecule has 1 aliphatic rings. The molecule has 0 fully saturated rings. The summed E-state index contributed by atoms with van der Waals surface area (Å²) in [4.78, 5) is 25.7. The van der Waals surface area contributed by atoms with E-state index in [2.05, 4.69) is 0 Å². The molecule has 7 heteroatoms. The number of carboxylic acid groups (broad SMARTS) is 1. The van der Waals surface area contributed by atoms with Gasteiger partial charge in [-0.25, -0.2) is 0 Å². The highest BCUT2D eigenvalue weighted by molar-refractivity contribution is 6.00. The number of carbonyl (C=O) groups excluding carboxylic acids is 1. The molecule has 1 aliphatic heterocycles. The van der Waals surface area contributed by atoms with Crippen LogP contribution in [0.25, 0.3) is 0 Å². The number of hydrogen-bond donors (Lipinski definition) is 1. The molecule has 0 saturated heterocycles. The van der Waals surface area contributed by atoms with Crippen molar-refractivity contribution in [3.05, 3.63) is 70.8 Å². The van der Waals surface area contributed by atoms with Gasteiger partial charge in [-0.1, -0.05) is 30.3 Å². The quantitative estimate of drug-likeness (QED) is 0.899. The van der Waals surface area contributed by atoms with Gasteiger partial charge in [-0.05, 0) is 29.3 Å². The number of likely N-dealkylation sites (N-methyl/N-ethyl adjacent to an activating group) is 1. The fourth-order valence-corrected chi connectivity index (χ4v) is 3.23. The molecule has 0 aliphatic carbocycles. The zero-order chi connectivity index (χ0) is 18.4. The summed E-state index contributed by atoms with van der Waals surface area (Å²) in [6, 6.07) is 9.74. The number of halogens is 3. The number of nitrogens with zero attached hydrogens (tertiary/aromatic N) is 1. The number of alkyl halides is 3. The Morgan fingerprint density at radius 1 is 1.08 bits per heavy atom. The number of carboxylic acids is 1. The van der Waals surface area contributed by atoms with Gasteiger partial charge >= 0.3 is 12.1 Å². The van der Waals surface area contributed by atoms with Crippen LogP contribution in [0.1, 0.15) is 39.0 Å². The summed E-state index contributed by atoms with van der Waals surface area (Å²) in [6.45, 7) is 0. The van der Waals surface area contributed by atoms with Crippen molar-refractivity contribution in [2.45, 2.75) is 18.1 Å². The van der Waals surface area contributed by atoms with Crippen molar-refractivity contribution < 1.29 is 27.9 Å². The maximum absolute atomic E-state index is 12.7. The lowest BCUT2D eigenvalue weighted by Crippen LogP contribution is -2.42. The van der Waals surface area contributed by atoms with Gasteiger partial charge < -0.3 is 10.0 Å². The molecule has 1 heterocycles. The molecule has 0 radical (unpaired) electrons. The summed E-state index contributed by atoms with van der Waals surface area (Å²) >= 11 is 0. The first-order chi connectivity index (χ1) is 11.7. The van der Waals surface area contributed by atoms with Crippen LogP contribution in [-0.4, -0.2) is 28.9 Å². The predicted molar refractivity (Wildman–Crippen MR) is 83.1 cm³/mol. The van der Waals surface area contributed by atoms with Crippen molar-refractivity contribution >= 4 is 11.9 Å². The Bertz CT molecular complexity index is 830. The van der Waals surface area contributed by atoms with E-state index >= 15 is 0 Å². The first kappa shape index (κ1) is 17.0. The van der Waals surface area contributed by atoms with Gasteiger partial charge in [0.05, 0.1) is 11.6 Å². The van der Waals surface area contributed by atoms with Crippen LogP contribution in [0.5, 0.6) is 0 Å². The third kappa shape index (κ3) is 2.86. The van der Waals surface area contributed by atoms with Crippen molar-refractivity contribution in [2.24, 2.45) is 0 Å². The Kier molecular flexibility index (Phi) is 4.02. The number of rotatable bonds is 2. The molecule has 0 bridgehead atoms. The van der Waals surface area contributed by atoms with Crippen LogP contribution in [-0.2, 0) is 11.0 Å². The van der Waals surface area contributed by atoms with E-state index in [-0.39, 0.29) is 5.91 Å². The Labute approximate surface area is 141 Å². The average Bonchev–Trinajstić information content (AvgIpc) is 2.57. The fraction of sp³-hybridized carbons (Fsp3) is 0.222. The van der Waals surface area contributed by atoms with E-state index in [1.807, 2.05) is 0 Å². The van der Waals surface area contributed by atoms with Gasteiger partial charge in [0.1, 0.15) is 5.92 Å². The minimum Gasteiger partial charge on any atom is -0.481 e. The van der Waals surface area contributed by atoms with Crippen LogP contribution < -0.4 is 0 Å². The Morgan fingerprint density at radius 3 is 2.24 bits per heavy atom. The smallest absolute Gasteiger partial charge is 0.416 e. The predicted octanol–water partition coefficient (Wildman–Crippen LogP) is 3.70. The van der Waals surface area contributed by atoms with E-state index in [1.54, 1.807) is 24.3 Å². The second-order valence-electron chi connectivity index (χ2n) is 5.88. The van der Waals surface area contributed by atoms with Crippen molar-refractivity contribution in [1.82, 2.24) is 4.90 Å². The van der Waals surface area contributed by atoms with Crippen LogP contribution in [0.4, 0.5) is 13.2 Å². The molecule has 0 aromatic heterocycles. The summed E-state index contributed by atoms with van der Waals surface area (Å²) in [7, 11) is 1.45. The van der Waals surface area contributed by atoms with Gasteiger partial charge in [-0.2, -0.15) is 13.2 Å². The van der Waals surface area contributed by atoms with E-state index in [9.17, 15) is 27.9 Å². The molecule has 130 valence electrons. The first-order valence-electron chi connectivity index (χ1n) is 7.48. The molecule has 4 nitrogen and oxygen atoms in total. The van der Waals surface area contributed by atoms with E-state index < -0.39 is 29.7 Å². The van der Waals surface area contributed by atoms with E-state index in [0.29, 0.717) is 16.7 Å². The van der Waals surface area contributed by atoms with Crippen LogP contribution in [0.3, 0.4) is 0 Å². The topological polar surface area (TPSA) is 57.6 Å². The lowest BCUT2D eigenvalue weighted by molar-refractivity contribution is -0.141. The van der Waals surface area contributed by atoms with Crippen LogP contribution in [0.15, 0.2) is 48.5 Å². The van der Waals surface area contributed by atoms with Crippen LogP contribution in [0.2, 0.25) is 0 Å². The van der Waals surface area contributed by atoms with Gasteiger partial charge in [-0.15, -0.1) is 0 Å². The van der Waals surface area contributed by atoms with Crippen LogP contribution in [0, 0.1) is 0 Å². The highest BCUT2D eigenvalue weighted by Gasteiger charge is 2.42. The van der Waals surface area contributed by atoms with Crippen molar-refractivity contribution in [3.8, 4) is 0 Å². The van der Waals surface area contributed by atoms with Crippen molar-refractivity contribution in [2.75, 3.05) is 7.05 Å². The average molecular weight is 349 g/mol. The first-order valence-corrected chi connectivity index (χ1v) is 7.48. The zero-order valence-corrected chi connectivity index (χ0v) is 13.1. The number of hydrogen-bond acceptors (Lipinski definition) is 2. The number of aliphatic carboxylic acids is 1. The molecule has 1 N–H and O–H groups in total. The summed E-state index contributed by atoms with van der Waals surface area (Å²) in [5.41, 5.74) is 0.169. The van der Waals surface area contributed by atoms with Gasteiger partial charge in [0.25, 0.3) is 5.91 Å². The van der Waals surface area contributed by atoms with Gasteiger partial charge in [0, 0.05) is 12.6 Å². The fourth-order valence-electron chi connectivity index (χ4n) is 3.23. The lowest BCUT2D eigenvalue weighted by Gasteiger charge is -2.38. The number of carbonyl (C=O) groups is 2.